The SMILES string of the molecule is Cc1ccc(/C=C2\Oc3c(ccc(O)c3CN3CCC[C@@H](C)C3)C2=O)cc1. The molecule has 1 atom stereocenters. The Hall–Kier alpha value is -2.59. The third-order valence-corrected chi connectivity index (χ3v) is 5.41. The zero-order chi connectivity index (χ0) is 19.0. The standard InChI is InChI=1S/C23H25NO3/c1-15-5-7-17(8-6-15)12-21-22(26)18-9-10-20(25)19(23(18)27-21)14-24-11-3-4-16(2)13-24/h5-10,12,16,25H,3-4,11,13-14H2,1-2H3/b21-12-/t16-/m1/s1. The number of carbonyl (C=O) groups is 1. The summed E-state index contributed by atoms with van der Waals surface area (Å²) in [5, 5.41) is 10.4. The van der Waals surface area contributed by atoms with Crippen LogP contribution in [-0.2, 0) is 6.54 Å². The smallest absolute Gasteiger partial charge is 0.231 e. The van der Waals surface area contributed by atoms with Gasteiger partial charge in [-0.1, -0.05) is 36.8 Å². The molecule has 2 aromatic carbocycles. The van der Waals surface area contributed by atoms with Crippen LogP contribution in [0, 0.1) is 12.8 Å². The summed E-state index contributed by atoms with van der Waals surface area (Å²) < 4.78 is 5.96. The van der Waals surface area contributed by atoms with Crippen LogP contribution < -0.4 is 4.74 Å². The van der Waals surface area contributed by atoms with Gasteiger partial charge in [-0.2, -0.15) is 0 Å². The molecule has 0 saturated carbocycles. The molecule has 2 heterocycles. The Morgan fingerprint density at radius 3 is 2.74 bits per heavy atom. The lowest BCUT2D eigenvalue weighted by Crippen LogP contribution is -2.33. The first kappa shape index (κ1) is 17.8. The second-order valence-electron chi connectivity index (χ2n) is 7.77. The van der Waals surface area contributed by atoms with Crippen molar-refractivity contribution in [2.24, 2.45) is 5.92 Å². The molecular weight excluding hydrogens is 338 g/mol. The second kappa shape index (κ2) is 7.20. The lowest BCUT2D eigenvalue weighted by molar-refractivity contribution is 0.101. The zero-order valence-electron chi connectivity index (χ0n) is 15.9. The maximum atomic E-state index is 12.8. The monoisotopic (exact) mass is 363 g/mol. The van der Waals surface area contributed by atoms with E-state index in [4.69, 9.17) is 4.74 Å². The van der Waals surface area contributed by atoms with Gasteiger partial charge in [0.2, 0.25) is 5.78 Å². The molecular formula is C23H25NO3. The fourth-order valence-electron chi connectivity index (χ4n) is 3.92. The summed E-state index contributed by atoms with van der Waals surface area (Å²) in [5.74, 6) is 1.54. The number of phenolic OH excluding ortho intramolecular Hbond substituents is 1. The van der Waals surface area contributed by atoms with E-state index in [9.17, 15) is 9.90 Å². The number of nitrogens with zero attached hydrogens (tertiary/aromatic N) is 1. The average molecular weight is 363 g/mol. The Bertz CT molecular complexity index is 899. The summed E-state index contributed by atoms with van der Waals surface area (Å²) in [6, 6.07) is 11.2. The highest BCUT2D eigenvalue weighted by Crippen LogP contribution is 2.40. The molecule has 4 rings (SSSR count). The highest BCUT2D eigenvalue weighted by Gasteiger charge is 2.32. The Morgan fingerprint density at radius 2 is 2.00 bits per heavy atom. The van der Waals surface area contributed by atoms with Gasteiger partial charge in [-0.05, 0) is 56.0 Å². The molecule has 0 spiro atoms. The van der Waals surface area contributed by atoms with Crippen LogP contribution >= 0.6 is 0 Å². The number of allylic oxidation sites excluding steroid dienone is 1. The molecule has 0 aliphatic carbocycles. The highest BCUT2D eigenvalue weighted by atomic mass is 16.5. The van der Waals surface area contributed by atoms with Crippen molar-refractivity contribution in [2.45, 2.75) is 33.2 Å². The Morgan fingerprint density at radius 1 is 1.22 bits per heavy atom. The fourth-order valence-corrected chi connectivity index (χ4v) is 3.92. The lowest BCUT2D eigenvalue weighted by Gasteiger charge is -2.31. The van der Waals surface area contributed by atoms with Crippen molar-refractivity contribution in [2.75, 3.05) is 13.1 Å². The maximum absolute atomic E-state index is 12.8. The maximum Gasteiger partial charge on any atom is 0.231 e. The van der Waals surface area contributed by atoms with Gasteiger partial charge in [0.15, 0.2) is 5.76 Å². The molecule has 2 aromatic rings. The van der Waals surface area contributed by atoms with E-state index in [1.807, 2.05) is 31.2 Å². The third kappa shape index (κ3) is 3.62. The van der Waals surface area contributed by atoms with Crippen LogP contribution in [0.2, 0.25) is 0 Å². The number of aryl methyl sites for hydroxylation is 1. The van der Waals surface area contributed by atoms with Crippen molar-refractivity contribution in [3.8, 4) is 11.5 Å². The summed E-state index contributed by atoms with van der Waals surface area (Å²) in [5.41, 5.74) is 3.34. The van der Waals surface area contributed by atoms with Gasteiger partial charge in [0.05, 0.1) is 11.1 Å². The minimum atomic E-state index is -0.126. The van der Waals surface area contributed by atoms with Gasteiger partial charge in [0.1, 0.15) is 11.5 Å². The number of rotatable bonds is 3. The van der Waals surface area contributed by atoms with Crippen LogP contribution in [0.25, 0.3) is 6.08 Å². The Kier molecular flexibility index (Phi) is 4.75. The van der Waals surface area contributed by atoms with E-state index in [-0.39, 0.29) is 11.5 Å². The largest absolute Gasteiger partial charge is 0.507 e. The summed E-state index contributed by atoms with van der Waals surface area (Å²) in [7, 11) is 0. The first-order valence-electron chi connectivity index (χ1n) is 9.59. The average Bonchev–Trinajstić information content (AvgIpc) is 2.96. The van der Waals surface area contributed by atoms with E-state index in [0.717, 1.165) is 25.1 Å². The molecule has 1 fully saturated rings. The van der Waals surface area contributed by atoms with E-state index in [2.05, 4.69) is 11.8 Å². The van der Waals surface area contributed by atoms with E-state index in [1.165, 1.54) is 12.0 Å². The number of likely N-dealkylation sites (tertiary alicyclic amines) is 1. The molecule has 2 aliphatic heterocycles. The zero-order valence-corrected chi connectivity index (χ0v) is 15.9. The van der Waals surface area contributed by atoms with Crippen LogP contribution in [0.3, 0.4) is 0 Å². The lowest BCUT2D eigenvalue weighted by atomic mass is 9.99. The van der Waals surface area contributed by atoms with E-state index >= 15 is 0 Å². The number of piperidine rings is 1. The number of ketones is 1. The summed E-state index contributed by atoms with van der Waals surface area (Å²) in [6.07, 6.45) is 4.18. The molecule has 1 saturated heterocycles. The van der Waals surface area contributed by atoms with Gasteiger partial charge >= 0.3 is 0 Å². The van der Waals surface area contributed by atoms with Crippen molar-refractivity contribution < 1.29 is 14.6 Å². The quantitative estimate of drug-likeness (QED) is 0.813. The molecule has 0 amide bonds. The molecule has 1 N–H and O–H groups in total. The van der Waals surface area contributed by atoms with Crippen LogP contribution in [0.5, 0.6) is 11.5 Å². The first-order chi connectivity index (χ1) is 13.0. The third-order valence-electron chi connectivity index (χ3n) is 5.41. The summed E-state index contributed by atoms with van der Waals surface area (Å²) in [4.78, 5) is 15.1. The van der Waals surface area contributed by atoms with Crippen molar-refractivity contribution in [3.63, 3.8) is 0 Å². The van der Waals surface area contributed by atoms with E-state index in [0.29, 0.717) is 35.1 Å². The molecule has 0 aromatic heterocycles. The molecule has 27 heavy (non-hydrogen) atoms. The van der Waals surface area contributed by atoms with Gasteiger partial charge in [0.25, 0.3) is 0 Å². The number of ether oxygens (including phenoxy) is 1. The first-order valence-corrected chi connectivity index (χ1v) is 9.59. The van der Waals surface area contributed by atoms with E-state index < -0.39 is 0 Å². The van der Waals surface area contributed by atoms with Crippen molar-refractivity contribution >= 4 is 11.9 Å². The summed E-state index contributed by atoms with van der Waals surface area (Å²) in [6.45, 7) is 6.89. The molecule has 0 unspecified atom stereocenters. The summed E-state index contributed by atoms with van der Waals surface area (Å²) >= 11 is 0. The molecule has 4 heteroatoms. The highest BCUT2D eigenvalue weighted by molar-refractivity contribution is 6.15. The van der Waals surface area contributed by atoms with Gasteiger partial charge in [-0.25, -0.2) is 0 Å². The van der Waals surface area contributed by atoms with Gasteiger partial charge < -0.3 is 9.84 Å². The number of phenols is 1. The Balaban J connectivity index is 1.63. The van der Waals surface area contributed by atoms with Crippen molar-refractivity contribution in [1.29, 1.82) is 0 Å². The minimum absolute atomic E-state index is 0.126. The van der Waals surface area contributed by atoms with Gasteiger partial charge in [-0.15, -0.1) is 0 Å². The molecule has 0 radical (unpaired) electrons. The molecule has 0 bridgehead atoms. The number of fused-ring (bicyclic) bond motifs is 1. The topological polar surface area (TPSA) is 49.8 Å². The van der Waals surface area contributed by atoms with Crippen molar-refractivity contribution in [3.05, 3.63) is 64.4 Å². The predicted octanol–water partition coefficient (Wildman–Crippen LogP) is 4.55. The normalized spacial score (nSPS) is 21.3. The Labute approximate surface area is 160 Å². The van der Waals surface area contributed by atoms with Crippen LogP contribution in [-0.4, -0.2) is 28.9 Å². The number of hydrogen-bond acceptors (Lipinski definition) is 4. The molecule has 4 nitrogen and oxygen atoms in total. The van der Waals surface area contributed by atoms with Crippen molar-refractivity contribution in [1.82, 2.24) is 4.90 Å². The molecule has 2 aliphatic rings. The number of carbonyl (C=O) groups excluding carboxylic acids is 1. The predicted molar refractivity (Wildman–Crippen MR) is 106 cm³/mol. The number of Topliss-reactive ketones (excluding diaryl/α,β-unsaturated/α-hetero) is 1. The van der Waals surface area contributed by atoms with Gasteiger partial charge in [-0.3, -0.25) is 9.69 Å². The number of aromatic hydroxyl groups is 1. The van der Waals surface area contributed by atoms with E-state index in [1.54, 1.807) is 18.2 Å². The minimum Gasteiger partial charge on any atom is -0.507 e. The van der Waals surface area contributed by atoms with Gasteiger partial charge in [0, 0.05) is 13.1 Å². The van der Waals surface area contributed by atoms with Crippen LogP contribution in [0.4, 0.5) is 0 Å². The van der Waals surface area contributed by atoms with Crippen LogP contribution in [0.15, 0.2) is 42.2 Å². The number of benzene rings is 2. The fraction of sp³-hybridized carbons (Fsp3) is 0.348. The molecule has 140 valence electrons. The van der Waals surface area contributed by atoms with Crippen LogP contribution in [0.1, 0.15) is 46.8 Å². The number of hydrogen-bond donors (Lipinski definition) is 1. The second-order valence-corrected chi connectivity index (χ2v) is 7.77.